The number of hydrogen-bond donors (Lipinski definition) is 2. The third-order valence-electron chi connectivity index (χ3n) is 4.75. The molecule has 0 radical (unpaired) electrons. The van der Waals surface area contributed by atoms with E-state index in [-0.39, 0.29) is 5.54 Å². The van der Waals surface area contributed by atoms with Crippen LogP contribution in [0, 0.1) is 4.77 Å². The molecule has 2 N–H and O–H groups in total. The monoisotopic (exact) mass is 404 g/mol. The lowest BCUT2D eigenvalue weighted by atomic mass is 9.96. The van der Waals surface area contributed by atoms with E-state index in [0.29, 0.717) is 4.77 Å². The molecule has 29 heavy (non-hydrogen) atoms. The predicted molar refractivity (Wildman–Crippen MR) is 126 cm³/mol. The molecule has 0 aliphatic rings. The Kier molecular flexibility index (Phi) is 5.89. The second-order valence-electron chi connectivity index (χ2n) is 7.84. The first kappa shape index (κ1) is 20.8. The summed E-state index contributed by atoms with van der Waals surface area (Å²) in [5.74, 6) is 0.800. The number of H-pyrrole nitrogens is 1. The average Bonchev–Trinajstić information content (AvgIpc) is 3.01. The van der Waals surface area contributed by atoms with Crippen molar-refractivity contribution in [3.05, 3.63) is 83.1 Å². The lowest BCUT2D eigenvalue weighted by Crippen LogP contribution is -2.35. The molecule has 3 aromatic rings. The molecule has 0 fully saturated rings. The van der Waals surface area contributed by atoms with Crippen molar-refractivity contribution in [1.29, 1.82) is 0 Å². The summed E-state index contributed by atoms with van der Waals surface area (Å²) in [7, 11) is 0. The number of allylic oxidation sites excluding steroid dienone is 4. The number of benzene rings is 2. The molecular weight excluding hydrogens is 376 g/mol. The molecule has 0 bridgehead atoms. The normalized spacial score (nSPS) is 13.0. The highest BCUT2D eigenvalue weighted by molar-refractivity contribution is 7.71. The van der Waals surface area contributed by atoms with Crippen molar-refractivity contribution in [3.8, 4) is 5.69 Å². The van der Waals surface area contributed by atoms with E-state index >= 15 is 0 Å². The fourth-order valence-corrected chi connectivity index (χ4v) is 4.07. The summed E-state index contributed by atoms with van der Waals surface area (Å²) in [4.78, 5) is 0. The first-order valence-corrected chi connectivity index (χ1v) is 10.1. The van der Waals surface area contributed by atoms with Gasteiger partial charge in [0.1, 0.15) is 0 Å². The molecule has 0 saturated carbocycles. The fraction of sp³-hybridized carbons (Fsp3) is 0.250. The fourth-order valence-electron chi connectivity index (χ4n) is 3.84. The van der Waals surface area contributed by atoms with Gasteiger partial charge in [0.05, 0.1) is 11.2 Å². The third-order valence-corrected chi connectivity index (χ3v) is 5.02. The average molecular weight is 405 g/mol. The Morgan fingerprint density at radius 1 is 1.17 bits per heavy atom. The Morgan fingerprint density at radius 3 is 2.55 bits per heavy atom. The molecule has 5 heteroatoms. The van der Waals surface area contributed by atoms with Gasteiger partial charge in [0.2, 0.25) is 0 Å². The summed E-state index contributed by atoms with van der Waals surface area (Å²) in [6, 6.07) is 14.5. The quantitative estimate of drug-likeness (QED) is 0.372. The Hall–Kier alpha value is -2.92. The van der Waals surface area contributed by atoms with Crippen LogP contribution in [0.5, 0.6) is 0 Å². The van der Waals surface area contributed by atoms with E-state index < -0.39 is 0 Å². The van der Waals surface area contributed by atoms with Crippen LogP contribution in [0.1, 0.15) is 40.4 Å². The van der Waals surface area contributed by atoms with Crippen molar-refractivity contribution >= 4 is 28.6 Å². The zero-order valence-corrected chi connectivity index (χ0v) is 18.5. The Bertz CT molecular complexity index is 1170. The first-order chi connectivity index (χ1) is 13.7. The van der Waals surface area contributed by atoms with E-state index in [1.165, 1.54) is 5.39 Å². The Labute approximate surface area is 177 Å². The Morgan fingerprint density at radius 2 is 1.86 bits per heavy atom. The summed E-state index contributed by atoms with van der Waals surface area (Å²) in [5.41, 5.74) is 3.85. The van der Waals surface area contributed by atoms with Gasteiger partial charge in [0, 0.05) is 16.7 Å². The van der Waals surface area contributed by atoms with Crippen molar-refractivity contribution in [2.75, 3.05) is 0 Å². The zero-order chi connectivity index (χ0) is 21.2. The van der Waals surface area contributed by atoms with Gasteiger partial charge in [-0.15, -0.1) is 0 Å². The highest BCUT2D eigenvalue weighted by atomic mass is 32.1. The van der Waals surface area contributed by atoms with Crippen LogP contribution in [0.15, 0.2) is 72.5 Å². The minimum absolute atomic E-state index is 0.235. The minimum Gasteiger partial charge on any atom is -0.381 e. The van der Waals surface area contributed by atoms with Crippen molar-refractivity contribution in [2.24, 2.45) is 0 Å². The number of fused-ring (bicyclic) bond motifs is 1. The van der Waals surface area contributed by atoms with Gasteiger partial charge < -0.3 is 5.32 Å². The van der Waals surface area contributed by atoms with Crippen molar-refractivity contribution in [3.63, 3.8) is 0 Å². The maximum absolute atomic E-state index is 5.61. The van der Waals surface area contributed by atoms with Gasteiger partial charge in [0.15, 0.2) is 10.6 Å². The topological polar surface area (TPSA) is 45.6 Å². The van der Waals surface area contributed by atoms with Crippen molar-refractivity contribution < 1.29 is 0 Å². The van der Waals surface area contributed by atoms with Crippen LogP contribution >= 0.6 is 12.2 Å². The number of hydrogen-bond acceptors (Lipinski definition) is 3. The lowest BCUT2D eigenvalue weighted by Gasteiger charge is -2.25. The number of aromatic nitrogens is 3. The summed E-state index contributed by atoms with van der Waals surface area (Å²) >= 11 is 5.61. The van der Waals surface area contributed by atoms with Crippen LogP contribution < -0.4 is 5.32 Å². The van der Waals surface area contributed by atoms with E-state index in [4.69, 9.17) is 12.2 Å². The second kappa shape index (κ2) is 8.21. The molecule has 0 atom stereocenters. The predicted octanol–water partition coefficient (Wildman–Crippen LogP) is 6.33. The second-order valence-corrected chi connectivity index (χ2v) is 8.23. The van der Waals surface area contributed by atoms with E-state index in [9.17, 15) is 0 Å². The highest BCUT2D eigenvalue weighted by Gasteiger charge is 2.19. The molecule has 0 amide bonds. The molecule has 0 spiro atoms. The van der Waals surface area contributed by atoms with Crippen molar-refractivity contribution in [1.82, 2.24) is 20.1 Å². The van der Waals surface area contributed by atoms with Gasteiger partial charge in [0.25, 0.3) is 0 Å². The van der Waals surface area contributed by atoms with E-state index in [1.54, 1.807) is 0 Å². The standard InChI is InChI=1S/C24H28N4S/c1-7-19(17(4)15-24(5,6)25-16(2)3)22-26-27-23(29)28(22)21-14-10-12-18-11-8-9-13-20(18)21/h7-15,25H,2H2,1,3-6H3,(H,27,29)/b17-15-,19-7+. The molecular formula is C24H28N4S. The van der Waals surface area contributed by atoms with Crippen LogP contribution in [0.25, 0.3) is 22.0 Å². The molecule has 0 aliphatic heterocycles. The van der Waals surface area contributed by atoms with Gasteiger partial charge in [-0.05, 0) is 63.9 Å². The van der Waals surface area contributed by atoms with Gasteiger partial charge in [-0.1, -0.05) is 55.1 Å². The smallest absolute Gasteiger partial charge is 0.200 e. The van der Waals surface area contributed by atoms with Gasteiger partial charge in [-0.2, -0.15) is 5.10 Å². The van der Waals surface area contributed by atoms with Crippen LogP contribution in [-0.4, -0.2) is 20.3 Å². The summed E-state index contributed by atoms with van der Waals surface area (Å²) in [6.07, 6.45) is 4.28. The van der Waals surface area contributed by atoms with Gasteiger partial charge in [-0.3, -0.25) is 9.67 Å². The molecule has 0 saturated heterocycles. The minimum atomic E-state index is -0.235. The largest absolute Gasteiger partial charge is 0.381 e. The first-order valence-electron chi connectivity index (χ1n) is 9.69. The van der Waals surface area contributed by atoms with Gasteiger partial charge in [-0.25, -0.2) is 0 Å². The van der Waals surface area contributed by atoms with E-state index in [0.717, 1.165) is 33.7 Å². The maximum Gasteiger partial charge on any atom is 0.200 e. The van der Waals surface area contributed by atoms with E-state index in [1.807, 2.05) is 36.6 Å². The SMILES string of the molecule is C=C(C)NC(C)(C)/C=C(C)\C(=C/C)c1n[nH]c(=S)n1-c1cccc2ccccc12. The lowest BCUT2D eigenvalue weighted by molar-refractivity contribution is 0.530. The van der Waals surface area contributed by atoms with Crippen molar-refractivity contribution in [2.45, 2.75) is 40.2 Å². The number of nitrogens with one attached hydrogen (secondary N) is 2. The maximum atomic E-state index is 5.61. The molecule has 1 aromatic heterocycles. The number of aromatic amines is 1. The highest BCUT2D eigenvalue weighted by Crippen LogP contribution is 2.29. The number of nitrogens with zero attached hydrogens (tertiary/aromatic N) is 2. The van der Waals surface area contributed by atoms with Crippen LogP contribution in [0.4, 0.5) is 0 Å². The molecule has 3 rings (SSSR count). The molecule has 0 aliphatic carbocycles. The molecule has 1 heterocycles. The Balaban J connectivity index is 2.16. The van der Waals surface area contributed by atoms with E-state index in [2.05, 4.69) is 79.3 Å². The van der Waals surface area contributed by atoms with Crippen LogP contribution in [-0.2, 0) is 0 Å². The third kappa shape index (κ3) is 4.40. The molecule has 4 nitrogen and oxygen atoms in total. The summed E-state index contributed by atoms with van der Waals surface area (Å²) in [5, 5.41) is 13.3. The number of rotatable bonds is 6. The van der Waals surface area contributed by atoms with Crippen LogP contribution in [0.3, 0.4) is 0 Å². The zero-order valence-electron chi connectivity index (χ0n) is 17.7. The molecule has 150 valence electrons. The summed E-state index contributed by atoms with van der Waals surface area (Å²) in [6.45, 7) is 14.3. The van der Waals surface area contributed by atoms with Gasteiger partial charge >= 0.3 is 0 Å². The van der Waals surface area contributed by atoms with Crippen LogP contribution in [0.2, 0.25) is 0 Å². The molecule has 0 unspecified atom stereocenters. The summed E-state index contributed by atoms with van der Waals surface area (Å²) < 4.78 is 2.59. The molecule has 2 aromatic carbocycles.